The summed E-state index contributed by atoms with van der Waals surface area (Å²) >= 11 is 0. The molecular weight excluding hydrogens is 254 g/mol. The van der Waals surface area contributed by atoms with Crippen molar-refractivity contribution in [3.8, 4) is 0 Å². The third-order valence-electron chi connectivity index (χ3n) is 2.53. The molecule has 0 aliphatic rings. The zero-order chi connectivity index (χ0) is 13.6. The molecule has 1 atom stereocenters. The van der Waals surface area contributed by atoms with Crippen LogP contribution >= 0.6 is 0 Å². The molecule has 0 saturated heterocycles. The highest BCUT2D eigenvalue weighted by molar-refractivity contribution is 7.89. The molecule has 0 heterocycles. The molecule has 0 fully saturated rings. The topological polar surface area (TPSA) is 83.5 Å². The molecule has 6 heteroatoms. The number of rotatable bonds is 7. The smallest absolute Gasteiger partial charge is 0.303 e. The Morgan fingerprint density at radius 3 is 2.50 bits per heavy atom. The standard InChI is InChI=1S/C12H17NO4S/c1-10(7-8-12(14)15)9-13-18(16,17)11-5-3-2-4-6-11/h2-6,10,13H,7-9H2,1H3,(H,14,15). The molecule has 1 unspecified atom stereocenters. The van der Waals surface area contributed by atoms with Crippen LogP contribution in [0.1, 0.15) is 19.8 Å². The highest BCUT2D eigenvalue weighted by Gasteiger charge is 2.14. The van der Waals surface area contributed by atoms with E-state index in [1.54, 1.807) is 18.2 Å². The van der Waals surface area contributed by atoms with Gasteiger partial charge in [-0.1, -0.05) is 25.1 Å². The van der Waals surface area contributed by atoms with E-state index in [0.29, 0.717) is 6.42 Å². The number of carboxylic acid groups (broad SMARTS) is 1. The number of carboxylic acids is 1. The van der Waals surface area contributed by atoms with Crippen molar-refractivity contribution in [3.63, 3.8) is 0 Å². The van der Waals surface area contributed by atoms with Gasteiger partial charge in [0.15, 0.2) is 0 Å². The maximum absolute atomic E-state index is 11.8. The van der Waals surface area contributed by atoms with Crippen LogP contribution in [-0.2, 0) is 14.8 Å². The fourth-order valence-corrected chi connectivity index (χ4v) is 2.59. The molecular formula is C12H17NO4S. The minimum Gasteiger partial charge on any atom is -0.481 e. The summed E-state index contributed by atoms with van der Waals surface area (Å²) in [4.78, 5) is 10.6. The highest BCUT2D eigenvalue weighted by atomic mass is 32.2. The van der Waals surface area contributed by atoms with Gasteiger partial charge in [-0.2, -0.15) is 0 Å². The summed E-state index contributed by atoms with van der Waals surface area (Å²) in [5.74, 6) is -0.882. The molecule has 0 aliphatic heterocycles. The zero-order valence-corrected chi connectivity index (χ0v) is 11.0. The Labute approximate surface area is 107 Å². The summed E-state index contributed by atoms with van der Waals surface area (Å²) in [7, 11) is -3.49. The normalized spacial score (nSPS) is 13.2. The van der Waals surface area contributed by atoms with E-state index < -0.39 is 16.0 Å². The van der Waals surface area contributed by atoms with Crippen molar-refractivity contribution in [1.82, 2.24) is 4.72 Å². The van der Waals surface area contributed by atoms with Crippen molar-refractivity contribution in [2.45, 2.75) is 24.7 Å². The molecule has 100 valence electrons. The second-order valence-corrected chi connectivity index (χ2v) is 5.97. The molecule has 0 saturated carbocycles. The van der Waals surface area contributed by atoms with Crippen LogP contribution in [0, 0.1) is 5.92 Å². The van der Waals surface area contributed by atoms with Crippen LogP contribution < -0.4 is 4.72 Å². The van der Waals surface area contributed by atoms with Crippen LogP contribution in [0.5, 0.6) is 0 Å². The Morgan fingerprint density at radius 2 is 1.94 bits per heavy atom. The van der Waals surface area contributed by atoms with E-state index in [4.69, 9.17) is 5.11 Å². The SMILES string of the molecule is CC(CCC(=O)O)CNS(=O)(=O)c1ccccc1. The second-order valence-electron chi connectivity index (χ2n) is 4.20. The van der Waals surface area contributed by atoms with Crippen molar-refractivity contribution in [3.05, 3.63) is 30.3 Å². The molecule has 0 aromatic heterocycles. The van der Waals surface area contributed by atoms with Crippen LogP contribution in [0.2, 0.25) is 0 Å². The van der Waals surface area contributed by atoms with Gasteiger partial charge in [0.1, 0.15) is 0 Å². The predicted molar refractivity (Wildman–Crippen MR) is 67.7 cm³/mol. The summed E-state index contributed by atoms with van der Waals surface area (Å²) in [6, 6.07) is 8.09. The number of nitrogens with one attached hydrogen (secondary N) is 1. The second kappa shape index (κ2) is 6.51. The lowest BCUT2D eigenvalue weighted by atomic mass is 10.1. The van der Waals surface area contributed by atoms with Gasteiger partial charge in [-0.3, -0.25) is 4.79 Å². The minimum atomic E-state index is -3.49. The van der Waals surface area contributed by atoms with Crippen LogP contribution in [0.25, 0.3) is 0 Å². The van der Waals surface area contributed by atoms with Gasteiger partial charge in [-0.05, 0) is 24.5 Å². The van der Waals surface area contributed by atoms with E-state index in [2.05, 4.69) is 4.72 Å². The van der Waals surface area contributed by atoms with Crippen molar-refractivity contribution in [2.75, 3.05) is 6.54 Å². The molecule has 0 aliphatic carbocycles. The maximum atomic E-state index is 11.8. The number of aliphatic carboxylic acids is 1. The van der Waals surface area contributed by atoms with Gasteiger partial charge in [-0.15, -0.1) is 0 Å². The first-order valence-corrected chi connectivity index (χ1v) is 7.16. The lowest BCUT2D eigenvalue weighted by Gasteiger charge is -2.11. The quantitative estimate of drug-likeness (QED) is 0.786. The summed E-state index contributed by atoms with van der Waals surface area (Å²) in [6.07, 6.45) is 0.501. The largest absolute Gasteiger partial charge is 0.481 e. The maximum Gasteiger partial charge on any atom is 0.303 e. The van der Waals surface area contributed by atoms with Crippen LogP contribution in [-0.4, -0.2) is 26.0 Å². The van der Waals surface area contributed by atoms with Crippen molar-refractivity contribution < 1.29 is 18.3 Å². The number of benzene rings is 1. The van der Waals surface area contributed by atoms with E-state index in [1.165, 1.54) is 12.1 Å². The molecule has 0 bridgehead atoms. The summed E-state index contributed by atoms with van der Waals surface area (Å²) in [5.41, 5.74) is 0. The van der Waals surface area contributed by atoms with Crippen LogP contribution in [0.15, 0.2) is 35.2 Å². The van der Waals surface area contributed by atoms with E-state index in [1.807, 2.05) is 6.92 Å². The third-order valence-corrected chi connectivity index (χ3v) is 3.97. The predicted octanol–water partition coefficient (Wildman–Crippen LogP) is 1.47. The molecule has 1 rings (SSSR count). The van der Waals surface area contributed by atoms with E-state index in [0.717, 1.165) is 0 Å². The van der Waals surface area contributed by atoms with E-state index in [9.17, 15) is 13.2 Å². The summed E-state index contributed by atoms with van der Waals surface area (Å²) in [5, 5.41) is 8.53. The number of hydrogen-bond donors (Lipinski definition) is 2. The van der Waals surface area contributed by atoms with Crippen molar-refractivity contribution in [1.29, 1.82) is 0 Å². The van der Waals surface area contributed by atoms with Gasteiger partial charge in [0.05, 0.1) is 4.90 Å². The first-order valence-electron chi connectivity index (χ1n) is 5.68. The lowest BCUT2D eigenvalue weighted by Crippen LogP contribution is -2.28. The molecule has 0 radical (unpaired) electrons. The molecule has 1 aromatic rings. The molecule has 5 nitrogen and oxygen atoms in total. The van der Waals surface area contributed by atoms with Gasteiger partial charge in [-0.25, -0.2) is 13.1 Å². The molecule has 0 spiro atoms. The van der Waals surface area contributed by atoms with E-state index in [-0.39, 0.29) is 23.8 Å². The van der Waals surface area contributed by atoms with Crippen LogP contribution in [0.4, 0.5) is 0 Å². The molecule has 1 aromatic carbocycles. The summed E-state index contributed by atoms with van der Waals surface area (Å²) in [6.45, 7) is 2.06. The number of hydrogen-bond acceptors (Lipinski definition) is 3. The minimum absolute atomic E-state index is 0.0143. The average molecular weight is 271 g/mol. The Bertz CT molecular complexity index is 484. The van der Waals surface area contributed by atoms with Gasteiger partial charge >= 0.3 is 5.97 Å². The third kappa shape index (κ3) is 4.85. The lowest BCUT2D eigenvalue weighted by molar-refractivity contribution is -0.137. The molecule has 18 heavy (non-hydrogen) atoms. The van der Waals surface area contributed by atoms with Crippen molar-refractivity contribution in [2.24, 2.45) is 5.92 Å². The van der Waals surface area contributed by atoms with Crippen LogP contribution in [0.3, 0.4) is 0 Å². The van der Waals surface area contributed by atoms with Gasteiger partial charge in [0, 0.05) is 13.0 Å². The summed E-state index contributed by atoms with van der Waals surface area (Å²) < 4.78 is 26.2. The Balaban J connectivity index is 2.50. The average Bonchev–Trinajstić information content (AvgIpc) is 2.35. The van der Waals surface area contributed by atoms with E-state index >= 15 is 0 Å². The number of carbonyl (C=O) groups is 1. The van der Waals surface area contributed by atoms with Crippen molar-refractivity contribution >= 4 is 16.0 Å². The first kappa shape index (κ1) is 14.7. The zero-order valence-electron chi connectivity index (χ0n) is 10.2. The fourth-order valence-electron chi connectivity index (χ4n) is 1.41. The Hall–Kier alpha value is -1.40. The Morgan fingerprint density at radius 1 is 1.33 bits per heavy atom. The highest BCUT2D eigenvalue weighted by Crippen LogP contribution is 2.09. The Kier molecular flexibility index (Phi) is 5.30. The van der Waals surface area contributed by atoms with Gasteiger partial charge < -0.3 is 5.11 Å². The monoisotopic (exact) mass is 271 g/mol. The first-order chi connectivity index (χ1) is 8.42. The van der Waals surface area contributed by atoms with Gasteiger partial charge in [0.25, 0.3) is 0 Å². The molecule has 0 amide bonds. The fraction of sp³-hybridized carbons (Fsp3) is 0.417. The van der Waals surface area contributed by atoms with Gasteiger partial charge in [0.2, 0.25) is 10.0 Å². The number of sulfonamides is 1. The molecule has 2 N–H and O–H groups in total.